The van der Waals surface area contributed by atoms with Gasteiger partial charge in [-0.1, -0.05) is 19.8 Å². The van der Waals surface area contributed by atoms with E-state index in [0.717, 1.165) is 57.7 Å². The van der Waals surface area contributed by atoms with Crippen molar-refractivity contribution in [1.82, 2.24) is 9.80 Å². The van der Waals surface area contributed by atoms with E-state index in [1.54, 1.807) is 12.3 Å². The number of piperazine rings is 1. The highest BCUT2D eigenvalue weighted by Crippen LogP contribution is 2.33. The van der Waals surface area contributed by atoms with Crippen LogP contribution < -0.4 is 0 Å². The Hall–Kier alpha value is -2.41. The van der Waals surface area contributed by atoms with E-state index in [9.17, 15) is 14.7 Å². The molecule has 0 aromatic carbocycles. The number of furan rings is 1. The first-order chi connectivity index (χ1) is 14.6. The molecule has 0 saturated carbocycles. The number of amides is 1. The second kappa shape index (κ2) is 11.1. The average Bonchev–Trinajstić information content (AvgIpc) is 3.28. The van der Waals surface area contributed by atoms with Crippen LogP contribution in [0, 0.1) is 0 Å². The Bertz CT molecular complexity index is 761. The molecule has 2 heterocycles. The Labute approximate surface area is 178 Å². The lowest BCUT2D eigenvalue weighted by atomic mass is 9.86. The Morgan fingerprint density at radius 2 is 2.07 bits per heavy atom. The highest BCUT2D eigenvalue weighted by atomic mass is 16.3. The van der Waals surface area contributed by atoms with Gasteiger partial charge in [0.05, 0.1) is 18.4 Å². The number of rotatable bonds is 9. The number of allylic oxidation sites excluding steroid dienone is 2. The van der Waals surface area contributed by atoms with Gasteiger partial charge in [0.25, 0.3) is 0 Å². The molecule has 1 aromatic rings. The molecule has 1 N–H and O–H groups in total. The topological polar surface area (TPSA) is 86.3 Å². The zero-order valence-electron chi connectivity index (χ0n) is 17.9. The smallest absolute Gasteiger partial charge is 0.222 e. The van der Waals surface area contributed by atoms with E-state index in [1.807, 2.05) is 11.0 Å². The molecule has 1 unspecified atom stereocenters. The van der Waals surface area contributed by atoms with Crippen LogP contribution in [0.25, 0.3) is 0 Å². The maximum atomic E-state index is 12.4. The van der Waals surface area contributed by atoms with Crippen molar-refractivity contribution in [1.29, 1.82) is 0 Å². The monoisotopic (exact) mass is 415 g/mol. The lowest BCUT2D eigenvalue weighted by Crippen LogP contribution is -2.49. The normalized spacial score (nSPS) is 21.0. The number of Topliss-reactive ketones (excluding diaryl/α,β-unsaturated/α-hetero) is 1. The molecule has 7 heteroatoms. The van der Waals surface area contributed by atoms with Gasteiger partial charge in [-0.15, -0.1) is 0 Å². The Morgan fingerprint density at radius 3 is 2.73 bits per heavy atom. The van der Waals surface area contributed by atoms with Gasteiger partial charge in [0, 0.05) is 64.1 Å². The van der Waals surface area contributed by atoms with Crippen LogP contribution in [0.3, 0.4) is 0 Å². The molecule has 1 aromatic heterocycles. The number of aliphatic hydroxyl groups excluding tert-OH is 1. The fraction of sp³-hybridized carbons (Fsp3) is 0.609. The Balaban J connectivity index is 1.40. The van der Waals surface area contributed by atoms with Gasteiger partial charge < -0.3 is 14.4 Å². The number of aliphatic hydroxyl groups is 1. The second-order valence-corrected chi connectivity index (χ2v) is 8.12. The number of carbonyl (C=O) groups excluding carboxylic acids is 2. The van der Waals surface area contributed by atoms with Gasteiger partial charge >= 0.3 is 0 Å². The largest absolute Gasteiger partial charge is 0.511 e. The highest BCUT2D eigenvalue weighted by molar-refractivity contribution is 6.14. The average molecular weight is 416 g/mol. The van der Waals surface area contributed by atoms with Gasteiger partial charge in [0.2, 0.25) is 5.91 Å². The number of nitrogens with zero attached hydrogens (tertiary/aromatic N) is 3. The second-order valence-electron chi connectivity index (χ2n) is 8.12. The summed E-state index contributed by atoms with van der Waals surface area (Å²) in [5.74, 6) is 0.886. The van der Waals surface area contributed by atoms with Gasteiger partial charge in [0.1, 0.15) is 11.5 Å². The molecular formula is C23H33N3O4. The third-order valence-corrected chi connectivity index (χ3v) is 5.91. The van der Waals surface area contributed by atoms with Gasteiger partial charge in [-0.2, -0.15) is 0 Å². The lowest BCUT2D eigenvalue weighted by molar-refractivity contribution is -0.133. The minimum Gasteiger partial charge on any atom is -0.511 e. The summed E-state index contributed by atoms with van der Waals surface area (Å²) in [4.78, 5) is 33.2. The van der Waals surface area contributed by atoms with E-state index >= 15 is 0 Å². The summed E-state index contributed by atoms with van der Waals surface area (Å²) in [7, 11) is 0. The number of hydrogen-bond donors (Lipinski definition) is 1. The van der Waals surface area contributed by atoms with Crippen molar-refractivity contribution < 1.29 is 19.1 Å². The van der Waals surface area contributed by atoms with Gasteiger partial charge in [-0.05, 0) is 18.6 Å². The van der Waals surface area contributed by atoms with Crippen LogP contribution in [0.2, 0.25) is 0 Å². The third-order valence-electron chi connectivity index (χ3n) is 5.91. The van der Waals surface area contributed by atoms with Crippen molar-refractivity contribution in [3.63, 3.8) is 0 Å². The molecule has 1 amide bonds. The summed E-state index contributed by atoms with van der Waals surface area (Å²) in [6, 6.07) is 3.63. The zero-order valence-corrected chi connectivity index (χ0v) is 17.9. The summed E-state index contributed by atoms with van der Waals surface area (Å²) < 4.78 is 5.37. The van der Waals surface area contributed by atoms with Crippen LogP contribution >= 0.6 is 0 Å². The Morgan fingerprint density at radius 1 is 1.27 bits per heavy atom. The fourth-order valence-corrected chi connectivity index (χ4v) is 4.04. The first-order valence-corrected chi connectivity index (χ1v) is 11.1. The van der Waals surface area contributed by atoms with Crippen LogP contribution in [0.4, 0.5) is 0 Å². The molecular weight excluding hydrogens is 382 g/mol. The molecule has 1 aliphatic heterocycles. The molecule has 1 aliphatic carbocycles. The highest BCUT2D eigenvalue weighted by Gasteiger charge is 2.29. The predicted octanol–water partition coefficient (Wildman–Crippen LogP) is 3.33. The van der Waals surface area contributed by atoms with Crippen LogP contribution in [0.15, 0.2) is 39.1 Å². The van der Waals surface area contributed by atoms with E-state index < -0.39 is 0 Å². The van der Waals surface area contributed by atoms with E-state index in [-0.39, 0.29) is 23.4 Å². The summed E-state index contributed by atoms with van der Waals surface area (Å²) in [5.41, 5.74) is 0.320. The van der Waals surface area contributed by atoms with Crippen molar-refractivity contribution >= 4 is 17.9 Å². The van der Waals surface area contributed by atoms with E-state index in [0.29, 0.717) is 31.4 Å². The van der Waals surface area contributed by atoms with Crippen LogP contribution in [-0.4, -0.2) is 72.1 Å². The number of unbranched alkanes of at least 4 members (excludes halogenated alkanes) is 2. The molecule has 2 aliphatic rings. The molecule has 1 atom stereocenters. The molecule has 1 fully saturated rings. The lowest BCUT2D eigenvalue weighted by Gasteiger charge is -2.34. The maximum Gasteiger partial charge on any atom is 0.222 e. The van der Waals surface area contributed by atoms with Crippen LogP contribution in [-0.2, 0) is 9.59 Å². The summed E-state index contributed by atoms with van der Waals surface area (Å²) in [6.07, 6.45) is 7.71. The van der Waals surface area contributed by atoms with Crippen molar-refractivity contribution in [2.45, 2.75) is 51.4 Å². The summed E-state index contributed by atoms with van der Waals surface area (Å²) in [6.45, 7) is 6.74. The van der Waals surface area contributed by atoms with Crippen LogP contribution in [0.1, 0.15) is 57.1 Å². The van der Waals surface area contributed by atoms with Gasteiger partial charge in [-0.25, -0.2) is 0 Å². The standard InChI is InChI=1S/C23H33N3O4/c1-2-3-4-7-23(29)26-12-10-25(11-13-26)9-8-24-17-19-20(27)15-18(16-21(19)28)22-6-5-14-30-22/h5-6,14,17-18,27H,2-4,7-13,15-16H2,1H3. The van der Waals surface area contributed by atoms with Gasteiger partial charge in [0.15, 0.2) is 5.78 Å². The number of hydrogen-bond acceptors (Lipinski definition) is 6. The molecule has 30 heavy (non-hydrogen) atoms. The molecule has 0 spiro atoms. The molecule has 1 saturated heterocycles. The molecule has 0 bridgehead atoms. The summed E-state index contributed by atoms with van der Waals surface area (Å²) in [5, 5.41) is 10.3. The Kier molecular flexibility index (Phi) is 8.25. The third kappa shape index (κ3) is 6.05. The zero-order chi connectivity index (χ0) is 21.3. The number of carbonyl (C=O) groups is 2. The first-order valence-electron chi connectivity index (χ1n) is 11.1. The number of aliphatic imine (C=N–C) groups is 1. The molecule has 0 radical (unpaired) electrons. The van der Waals surface area contributed by atoms with E-state index in [2.05, 4.69) is 16.8 Å². The van der Waals surface area contributed by atoms with Crippen molar-refractivity contribution in [3.8, 4) is 0 Å². The number of ketones is 1. The quantitative estimate of drug-likeness (QED) is 0.494. The SMILES string of the molecule is CCCCCC(=O)N1CCN(CCN=CC2=C(O)CC(c3ccco3)CC2=O)CC1. The minimum absolute atomic E-state index is 0.0894. The maximum absolute atomic E-state index is 12.4. The van der Waals surface area contributed by atoms with Crippen LogP contribution in [0.5, 0.6) is 0 Å². The minimum atomic E-state index is -0.106. The predicted molar refractivity (Wildman–Crippen MR) is 116 cm³/mol. The fourth-order valence-electron chi connectivity index (χ4n) is 4.04. The van der Waals surface area contributed by atoms with Crippen molar-refractivity contribution in [2.24, 2.45) is 4.99 Å². The van der Waals surface area contributed by atoms with Gasteiger partial charge in [-0.3, -0.25) is 19.5 Å². The van der Waals surface area contributed by atoms with E-state index in [4.69, 9.17) is 4.42 Å². The molecule has 164 valence electrons. The van der Waals surface area contributed by atoms with Crippen molar-refractivity contribution in [3.05, 3.63) is 35.5 Å². The molecule has 3 rings (SSSR count). The van der Waals surface area contributed by atoms with Crippen molar-refractivity contribution in [2.75, 3.05) is 39.3 Å². The summed E-state index contributed by atoms with van der Waals surface area (Å²) >= 11 is 0. The molecule has 7 nitrogen and oxygen atoms in total. The van der Waals surface area contributed by atoms with E-state index in [1.165, 1.54) is 6.21 Å². The first kappa shape index (κ1) is 22.3.